The van der Waals surface area contributed by atoms with Crippen molar-refractivity contribution in [3.63, 3.8) is 0 Å². The van der Waals surface area contributed by atoms with Gasteiger partial charge in [0, 0.05) is 18.1 Å². The fourth-order valence-electron chi connectivity index (χ4n) is 1.62. The molecule has 0 radical (unpaired) electrons. The number of carbonyl (C=O) groups excluding carboxylic acids is 1. The van der Waals surface area contributed by atoms with Gasteiger partial charge < -0.3 is 4.74 Å². The van der Waals surface area contributed by atoms with Gasteiger partial charge in [0.05, 0.1) is 11.6 Å². The minimum atomic E-state index is -0.00472. The van der Waals surface area contributed by atoms with Gasteiger partial charge >= 0.3 is 0 Å². The van der Waals surface area contributed by atoms with Gasteiger partial charge in [-0.05, 0) is 18.6 Å². The molecule has 2 rings (SSSR count). The zero-order valence-electron chi connectivity index (χ0n) is 7.70. The van der Waals surface area contributed by atoms with Crippen LogP contribution in [-0.2, 0) is 4.74 Å². The summed E-state index contributed by atoms with van der Waals surface area (Å²) in [5.74, 6) is 0.100. The van der Waals surface area contributed by atoms with E-state index in [-0.39, 0.29) is 11.7 Å². The summed E-state index contributed by atoms with van der Waals surface area (Å²) in [6, 6.07) is 7.16. The molecule has 0 amide bonds. The second kappa shape index (κ2) is 4.11. The highest BCUT2D eigenvalue weighted by Gasteiger charge is 2.25. The molecule has 1 aromatic rings. The lowest BCUT2D eigenvalue weighted by molar-refractivity contribution is 0.0900. The van der Waals surface area contributed by atoms with E-state index < -0.39 is 0 Å². The normalized spacial score (nSPS) is 21.1. The Morgan fingerprint density at radius 3 is 2.86 bits per heavy atom. The maximum absolute atomic E-state index is 11.9. The van der Waals surface area contributed by atoms with Crippen molar-refractivity contribution in [3.05, 3.63) is 34.9 Å². The minimum Gasteiger partial charge on any atom is -0.381 e. The lowest BCUT2D eigenvalue weighted by atomic mass is 9.97. The van der Waals surface area contributed by atoms with Gasteiger partial charge in [-0.25, -0.2) is 0 Å². The molecule has 14 heavy (non-hydrogen) atoms. The number of halogens is 1. The number of benzene rings is 1. The van der Waals surface area contributed by atoms with Crippen molar-refractivity contribution in [1.82, 2.24) is 0 Å². The van der Waals surface area contributed by atoms with E-state index in [9.17, 15) is 4.79 Å². The van der Waals surface area contributed by atoms with Crippen LogP contribution in [0.4, 0.5) is 0 Å². The molecular weight excluding hydrogens is 200 g/mol. The van der Waals surface area contributed by atoms with Gasteiger partial charge in [-0.1, -0.05) is 23.7 Å². The fourth-order valence-corrected chi connectivity index (χ4v) is 1.85. The Hall–Kier alpha value is -0.860. The van der Waals surface area contributed by atoms with Crippen LogP contribution < -0.4 is 0 Å². The summed E-state index contributed by atoms with van der Waals surface area (Å²) >= 11 is 5.94. The third kappa shape index (κ3) is 1.81. The number of rotatable bonds is 2. The molecule has 1 heterocycles. The number of ether oxygens (including phenoxy) is 1. The third-order valence-corrected chi connectivity index (χ3v) is 2.77. The predicted octanol–water partition coefficient (Wildman–Crippen LogP) is 2.56. The van der Waals surface area contributed by atoms with Crippen molar-refractivity contribution in [2.24, 2.45) is 5.92 Å². The van der Waals surface area contributed by atoms with Crippen LogP contribution in [0.25, 0.3) is 0 Å². The third-order valence-electron chi connectivity index (χ3n) is 2.44. The molecule has 0 spiro atoms. The van der Waals surface area contributed by atoms with Crippen LogP contribution in [0.5, 0.6) is 0 Å². The molecule has 3 heteroatoms. The van der Waals surface area contributed by atoms with Gasteiger partial charge in [-0.3, -0.25) is 4.79 Å². The van der Waals surface area contributed by atoms with E-state index in [1.54, 1.807) is 12.1 Å². The fraction of sp³-hybridized carbons (Fsp3) is 0.364. The number of Topliss-reactive ketones (excluding diaryl/α,β-unsaturated/α-hetero) is 1. The molecule has 1 unspecified atom stereocenters. The molecule has 0 aliphatic carbocycles. The van der Waals surface area contributed by atoms with Crippen molar-refractivity contribution in [2.45, 2.75) is 6.42 Å². The Morgan fingerprint density at radius 2 is 2.21 bits per heavy atom. The first-order valence-electron chi connectivity index (χ1n) is 4.65. The van der Waals surface area contributed by atoms with E-state index in [0.29, 0.717) is 23.8 Å². The van der Waals surface area contributed by atoms with Crippen molar-refractivity contribution in [1.29, 1.82) is 0 Å². The van der Waals surface area contributed by atoms with Crippen LogP contribution >= 0.6 is 11.6 Å². The Morgan fingerprint density at radius 1 is 1.43 bits per heavy atom. The first-order valence-corrected chi connectivity index (χ1v) is 5.03. The molecule has 1 aliphatic rings. The second-order valence-corrected chi connectivity index (χ2v) is 3.81. The predicted molar refractivity (Wildman–Crippen MR) is 54.7 cm³/mol. The summed E-state index contributed by atoms with van der Waals surface area (Å²) in [5.41, 5.74) is 0.615. The van der Waals surface area contributed by atoms with E-state index in [0.717, 1.165) is 6.42 Å². The lowest BCUT2D eigenvalue weighted by Gasteiger charge is -2.07. The molecule has 1 aromatic carbocycles. The van der Waals surface area contributed by atoms with Crippen molar-refractivity contribution >= 4 is 17.4 Å². The van der Waals surface area contributed by atoms with E-state index >= 15 is 0 Å². The van der Waals surface area contributed by atoms with Crippen molar-refractivity contribution in [3.8, 4) is 0 Å². The van der Waals surface area contributed by atoms with Gasteiger partial charge in [-0.15, -0.1) is 0 Å². The molecule has 74 valence electrons. The van der Waals surface area contributed by atoms with Crippen LogP contribution in [0.1, 0.15) is 16.8 Å². The van der Waals surface area contributed by atoms with Gasteiger partial charge in [0.15, 0.2) is 5.78 Å². The van der Waals surface area contributed by atoms with Crippen LogP contribution in [0.15, 0.2) is 24.3 Å². The zero-order chi connectivity index (χ0) is 9.97. The highest BCUT2D eigenvalue weighted by Crippen LogP contribution is 2.23. The van der Waals surface area contributed by atoms with Gasteiger partial charge in [0.1, 0.15) is 0 Å². The average Bonchev–Trinajstić information content (AvgIpc) is 2.70. The van der Waals surface area contributed by atoms with Gasteiger partial charge in [0.2, 0.25) is 0 Å². The van der Waals surface area contributed by atoms with Crippen LogP contribution in [0, 0.1) is 5.92 Å². The van der Waals surface area contributed by atoms with Crippen molar-refractivity contribution in [2.75, 3.05) is 13.2 Å². The first-order chi connectivity index (χ1) is 6.79. The Labute approximate surface area is 87.8 Å². The molecule has 0 aromatic heterocycles. The molecule has 2 nitrogen and oxygen atoms in total. The number of carbonyl (C=O) groups is 1. The monoisotopic (exact) mass is 210 g/mol. The lowest BCUT2D eigenvalue weighted by Crippen LogP contribution is -2.14. The maximum atomic E-state index is 11.9. The Kier molecular flexibility index (Phi) is 2.85. The summed E-state index contributed by atoms with van der Waals surface area (Å²) < 4.78 is 5.18. The van der Waals surface area contributed by atoms with Gasteiger partial charge in [-0.2, -0.15) is 0 Å². The molecule has 1 saturated heterocycles. The average molecular weight is 211 g/mol. The highest BCUT2D eigenvalue weighted by molar-refractivity contribution is 6.34. The van der Waals surface area contributed by atoms with Crippen LogP contribution in [0.2, 0.25) is 5.02 Å². The molecule has 1 atom stereocenters. The Bertz CT molecular complexity index is 343. The second-order valence-electron chi connectivity index (χ2n) is 3.40. The summed E-state index contributed by atoms with van der Waals surface area (Å²) in [6.07, 6.45) is 0.810. The maximum Gasteiger partial charge on any atom is 0.169 e. The first kappa shape index (κ1) is 9.69. The SMILES string of the molecule is O=C(c1ccccc1Cl)C1CCOC1. The number of hydrogen-bond acceptors (Lipinski definition) is 2. The Balaban J connectivity index is 2.22. The van der Waals surface area contributed by atoms with E-state index in [2.05, 4.69) is 0 Å². The zero-order valence-corrected chi connectivity index (χ0v) is 8.46. The van der Waals surface area contributed by atoms with E-state index in [1.807, 2.05) is 12.1 Å². The summed E-state index contributed by atoms with van der Waals surface area (Å²) in [4.78, 5) is 11.9. The minimum absolute atomic E-state index is 0.00472. The van der Waals surface area contributed by atoms with Crippen molar-refractivity contribution < 1.29 is 9.53 Å². The summed E-state index contributed by atoms with van der Waals surface area (Å²) in [6.45, 7) is 1.21. The number of ketones is 1. The molecule has 1 fully saturated rings. The molecule has 0 bridgehead atoms. The topological polar surface area (TPSA) is 26.3 Å². The molecule has 0 N–H and O–H groups in total. The standard InChI is InChI=1S/C11H11ClO2/c12-10-4-2-1-3-9(10)11(13)8-5-6-14-7-8/h1-4,8H,5-7H2. The molecule has 1 aliphatic heterocycles. The quantitative estimate of drug-likeness (QED) is 0.702. The summed E-state index contributed by atoms with van der Waals surface area (Å²) in [7, 11) is 0. The number of hydrogen-bond donors (Lipinski definition) is 0. The van der Waals surface area contributed by atoms with Gasteiger partial charge in [0.25, 0.3) is 0 Å². The molecule has 0 saturated carbocycles. The summed E-state index contributed by atoms with van der Waals surface area (Å²) in [5, 5.41) is 0.532. The van der Waals surface area contributed by atoms with E-state index in [1.165, 1.54) is 0 Å². The van der Waals surface area contributed by atoms with Crippen LogP contribution in [0.3, 0.4) is 0 Å². The highest BCUT2D eigenvalue weighted by atomic mass is 35.5. The molecular formula is C11H11ClO2. The largest absolute Gasteiger partial charge is 0.381 e. The van der Waals surface area contributed by atoms with Crippen LogP contribution in [-0.4, -0.2) is 19.0 Å². The smallest absolute Gasteiger partial charge is 0.169 e. The van der Waals surface area contributed by atoms with E-state index in [4.69, 9.17) is 16.3 Å².